The van der Waals surface area contributed by atoms with Crippen LogP contribution in [0.3, 0.4) is 0 Å². The first-order valence-electron chi connectivity index (χ1n) is 5.73. The molecule has 0 fully saturated rings. The molecule has 0 saturated heterocycles. The monoisotopic (exact) mass is 341 g/mol. The molecule has 0 aliphatic rings. The first-order chi connectivity index (χ1) is 10.1. The van der Waals surface area contributed by atoms with Gasteiger partial charge < -0.3 is 10.4 Å². The number of anilines is 1. The number of aromatic carboxylic acids is 1. The Morgan fingerprint density at radius 3 is 2.81 bits per heavy atom. The van der Waals surface area contributed by atoms with E-state index < -0.39 is 5.97 Å². The Labute approximate surface area is 133 Å². The summed E-state index contributed by atoms with van der Waals surface area (Å²) >= 11 is 3.95. The number of nitrogens with one attached hydrogen (secondary N) is 1. The number of hydrogen-bond acceptors (Lipinski definition) is 7. The fourth-order valence-electron chi connectivity index (χ4n) is 1.43. The number of hydrogen-bond donors (Lipinski definition) is 2. The maximum atomic E-state index is 11.9. The van der Waals surface area contributed by atoms with Crippen LogP contribution in [0.25, 0.3) is 0 Å². The zero-order chi connectivity index (χ0) is 15.2. The first kappa shape index (κ1) is 15.8. The maximum absolute atomic E-state index is 11.9. The van der Waals surface area contributed by atoms with Gasteiger partial charge in [0.1, 0.15) is 0 Å². The van der Waals surface area contributed by atoms with Crippen LogP contribution in [-0.2, 0) is 4.79 Å². The van der Waals surface area contributed by atoms with Crippen molar-refractivity contribution in [2.45, 2.75) is 9.50 Å². The molecule has 6 nitrogen and oxygen atoms in total. The number of carbonyl (C=O) groups excluding carboxylic acids is 1. The average Bonchev–Trinajstić information content (AvgIpc) is 2.93. The van der Waals surface area contributed by atoms with Crippen LogP contribution in [0.5, 0.6) is 0 Å². The number of carboxylic acids is 1. The number of carbonyl (C=O) groups is 2. The van der Waals surface area contributed by atoms with Crippen LogP contribution < -0.4 is 5.32 Å². The highest BCUT2D eigenvalue weighted by molar-refractivity contribution is 8.01. The highest BCUT2D eigenvalue weighted by Crippen LogP contribution is 2.24. The second-order valence-electron chi connectivity index (χ2n) is 3.73. The lowest BCUT2D eigenvalue weighted by Gasteiger charge is -2.07. The summed E-state index contributed by atoms with van der Waals surface area (Å²) in [6, 6.07) is 6.28. The van der Waals surface area contributed by atoms with Crippen LogP contribution in [0, 0.1) is 0 Å². The third-order valence-electron chi connectivity index (χ3n) is 2.33. The third kappa shape index (κ3) is 4.45. The number of carboxylic acid groups (broad SMARTS) is 1. The van der Waals surface area contributed by atoms with E-state index >= 15 is 0 Å². The lowest BCUT2D eigenvalue weighted by atomic mass is 10.2. The molecule has 1 amide bonds. The van der Waals surface area contributed by atoms with Crippen molar-refractivity contribution >= 4 is 52.6 Å². The van der Waals surface area contributed by atoms with Crippen LogP contribution in [0.4, 0.5) is 5.69 Å². The van der Waals surface area contributed by atoms with Gasteiger partial charge >= 0.3 is 5.97 Å². The summed E-state index contributed by atoms with van der Waals surface area (Å²) in [5.74, 6) is -1.21. The SMILES string of the molecule is CSc1nsc(SCC(=O)Nc2ccccc2C(=O)O)n1. The Kier molecular flexibility index (Phi) is 5.59. The highest BCUT2D eigenvalue weighted by atomic mass is 32.2. The van der Waals surface area contributed by atoms with E-state index in [1.165, 1.54) is 41.1 Å². The van der Waals surface area contributed by atoms with Crippen molar-refractivity contribution in [3.8, 4) is 0 Å². The minimum atomic E-state index is -1.08. The van der Waals surface area contributed by atoms with Gasteiger partial charge in [-0.15, -0.1) is 0 Å². The number of amides is 1. The molecule has 0 spiro atoms. The van der Waals surface area contributed by atoms with Gasteiger partial charge in [-0.1, -0.05) is 35.7 Å². The molecule has 1 heterocycles. The van der Waals surface area contributed by atoms with E-state index in [4.69, 9.17) is 5.11 Å². The summed E-state index contributed by atoms with van der Waals surface area (Å²) in [5.41, 5.74) is 0.356. The van der Waals surface area contributed by atoms with Crippen LogP contribution in [0.15, 0.2) is 33.8 Å². The van der Waals surface area contributed by atoms with Crippen molar-refractivity contribution in [2.75, 3.05) is 17.3 Å². The van der Waals surface area contributed by atoms with Gasteiger partial charge in [0.15, 0.2) is 4.34 Å². The minimum absolute atomic E-state index is 0.0661. The van der Waals surface area contributed by atoms with E-state index in [-0.39, 0.29) is 22.9 Å². The van der Waals surface area contributed by atoms with Gasteiger partial charge in [0.05, 0.1) is 17.0 Å². The second-order valence-corrected chi connectivity index (χ2v) is 6.48. The summed E-state index contributed by atoms with van der Waals surface area (Å²) in [7, 11) is 0. The van der Waals surface area contributed by atoms with Gasteiger partial charge in [0, 0.05) is 0 Å². The van der Waals surface area contributed by atoms with Gasteiger partial charge in [-0.2, -0.15) is 4.37 Å². The standard InChI is InChI=1S/C12H11N3O3S3/c1-19-11-14-12(21-15-11)20-6-9(16)13-8-5-3-2-4-7(8)10(17)18/h2-5H,6H2,1H3,(H,13,16)(H,17,18). The first-order valence-corrected chi connectivity index (χ1v) is 8.71. The quantitative estimate of drug-likeness (QED) is 0.780. The summed E-state index contributed by atoms with van der Waals surface area (Å²) in [6.07, 6.45) is 1.88. The molecule has 110 valence electrons. The topological polar surface area (TPSA) is 92.2 Å². The second kappa shape index (κ2) is 7.43. The number of nitrogens with zero attached hydrogens (tertiary/aromatic N) is 2. The fraction of sp³-hybridized carbons (Fsp3) is 0.167. The van der Waals surface area contributed by atoms with Crippen LogP contribution in [0.1, 0.15) is 10.4 Å². The zero-order valence-electron chi connectivity index (χ0n) is 10.9. The predicted octanol–water partition coefficient (Wildman–Crippen LogP) is 2.69. The molecule has 0 aliphatic heterocycles. The zero-order valence-corrected chi connectivity index (χ0v) is 13.3. The summed E-state index contributed by atoms with van der Waals surface area (Å²) < 4.78 is 4.81. The maximum Gasteiger partial charge on any atom is 0.337 e. The molecule has 0 saturated carbocycles. The molecule has 0 aliphatic carbocycles. The lowest BCUT2D eigenvalue weighted by molar-refractivity contribution is -0.113. The van der Waals surface area contributed by atoms with E-state index in [0.717, 1.165) is 0 Å². The molecule has 0 atom stereocenters. The average molecular weight is 341 g/mol. The molecule has 0 unspecified atom stereocenters. The van der Waals surface area contributed by atoms with Gasteiger partial charge in [0.25, 0.3) is 0 Å². The Bertz CT molecular complexity index is 660. The van der Waals surface area contributed by atoms with Crippen molar-refractivity contribution in [1.82, 2.24) is 9.36 Å². The van der Waals surface area contributed by atoms with Crippen molar-refractivity contribution in [1.29, 1.82) is 0 Å². The van der Waals surface area contributed by atoms with E-state index in [9.17, 15) is 9.59 Å². The minimum Gasteiger partial charge on any atom is -0.478 e. The summed E-state index contributed by atoms with van der Waals surface area (Å²) in [6.45, 7) is 0. The molecule has 9 heteroatoms. The van der Waals surface area contributed by atoms with E-state index in [0.29, 0.717) is 9.50 Å². The molecule has 1 aromatic heterocycles. The Morgan fingerprint density at radius 2 is 2.14 bits per heavy atom. The van der Waals surface area contributed by atoms with Gasteiger partial charge in [-0.25, -0.2) is 9.78 Å². The van der Waals surface area contributed by atoms with Gasteiger partial charge in [0.2, 0.25) is 11.1 Å². The molecule has 2 rings (SSSR count). The summed E-state index contributed by atoms with van der Waals surface area (Å²) in [5, 5.41) is 12.3. The van der Waals surface area contributed by atoms with Crippen molar-refractivity contribution in [3.05, 3.63) is 29.8 Å². The Hall–Kier alpha value is -1.58. The van der Waals surface area contributed by atoms with Gasteiger partial charge in [-0.05, 0) is 29.9 Å². The third-order valence-corrected chi connectivity index (χ3v) is 4.83. The van der Waals surface area contributed by atoms with Crippen LogP contribution >= 0.6 is 35.1 Å². The van der Waals surface area contributed by atoms with Gasteiger partial charge in [-0.3, -0.25) is 4.79 Å². The molecular weight excluding hydrogens is 330 g/mol. The van der Waals surface area contributed by atoms with Crippen molar-refractivity contribution < 1.29 is 14.7 Å². The number of aromatic nitrogens is 2. The van der Waals surface area contributed by atoms with E-state index in [2.05, 4.69) is 14.7 Å². The van der Waals surface area contributed by atoms with Crippen molar-refractivity contribution in [3.63, 3.8) is 0 Å². The predicted molar refractivity (Wildman–Crippen MR) is 84.4 cm³/mol. The molecule has 0 radical (unpaired) electrons. The lowest BCUT2D eigenvalue weighted by Crippen LogP contribution is -2.16. The fourth-order valence-corrected chi connectivity index (χ4v) is 3.44. The number of benzene rings is 1. The number of rotatable bonds is 6. The molecule has 2 aromatic rings. The van der Waals surface area contributed by atoms with E-state index in [1.54, 1.807) is 18.2 Å². The Balaban J connectivity index is 1.94. The molecule has 0 bridgehead atoms. The Morgan fingerprint density at radius 1 is 1.38 bits per heavy atom. The van der Waals surface area contributed by atoms with Crippen LogP contribution in [0.2, 0.25) is 0 Å². The smallest absolute Gasteiger partial charge is 0.337 e. The molecule has 1 aromatic carbocycles. The van der Waals surface area contributed by atoms with Crippen LogP contribution in [-0.4, -0.2) is 38.3 Å². The normalized spacial score (nSPS) is 10.3. The molecular formula is C12H11N3O3S3. The van der Waals surface area contributed by atoms with E-state index in [1.807, 2.05) is 6.26 Å². The summed E-state index contributed by atoms with van der Waals surface area (Å²) in [4.78, 5) is 27.1. The number of para-hydroxylation sites is 1. The molecule has 21 heavy (non-hydrogen) atoms. The van der Waals surface area contributed by atoms with Crippen molar-refractivity contribution in [2.24, 2.45) is 0 Å². The number of thioether (sulfide) groups is 2. The highest BCUT2D eigenvalue weighted by Gasteiger charge is 2.12. The molecule has 2 N–H and O–H groups in total. The largest absolute Gasteiger partial charge is 0.478 e.